The van der Waals surface area contributed by atoms with Gasteiger partial charge in [0.1, 0.15) is 11.4 Å². The van der Waals surface area contributed by atoms with E-state index in [1.54, 1.807) is 7.11 Å². The van der Waals surface area contributed by atoms with Crippen LogP contribution in [-0.4, -0.2) is 23.4 Å². The zero-order valence-electron chi connectivity index (χ0n) is 12.5. The van der Waals surface area contributed by atoms with E-state index in [1.807, 2.05) is 45.9 Å². The third-order valence-corrected chi connectivity index (χ3v) is 3.86. The SMILES string of the molecule is COC(C)(C)CC1(C)C[C@@H](O)c2cc(C)ccc2O1. The molecule has 0 saturated heterocycles. The van der Waals surface area contributed by atoms with Crippen LogP contribution in [-0.2, 0) is 4.74 Å². The quantitative estimate of drug-likeness (QED) is 0.909. The predicted octanol–water partition coefficient (Wildman–Crippen LogP) is 3.38. The topological polar surface area (TPSA) is 38.7 Å². The van der Waals surface area contributed by atoms with Crippen LogP contribution < -0.4 is 4.74 Å². The van der Waals surface area contributed by atoms with Crippen molar-refractivity contribution in [1.82, 2.24) is 0 Å². The van der Waals surface area contributed by atoms with Crippen molar-refractivity contribution in [1.29, 1.82) is 0 Å². The Morgan fingerprint density at radius 1 is 1.47 bits per heavy atom. The molecule has 0 saturated carbocycles. The Bertz CT molecular complexity index is 467. The van der Waals surface area contributed by atoms with Gasteiger partial charge in [0.15, 0.2) is 0 Å². The van der Waals surface area contributed by atoms with Gasteiger partial charge >= 0.3 is 0 Å². The standard InChI is InChI=1S/C16H24O3/c1-11-6-7-14-12(8-11)13(17)9-16(4,19-14)10-15(2,3)18-5/h6-8,13,17H,9-10H2,1-5H3/t13-,16?/m1/s1. The molecule has 106 valence electrons. The van der Waals surface area contributed by atoms with Gasteiger partial charge in [0.05, 0.1) is 11.7 Å². The maximum Gasteiger partial charge on any atom is 0.125 e. The number of methoxy groups -OCH3 is 1. The Morgan fingerprint density at radius 3 is 2.79 bits per heavy atom. The summed E-state index contributed by atoms with van der Waals surface area (Å²) >= 11 is 0. The molecule has 19 heavy (non-hydrogen) atoms. The lowest BCUT2D eigenvalue weighted by Gasteiger charge is -2.42. The number of aliphatic hydroxyl groups excluding tert-OH is 1. The summed E-state index contributed by atoms with van der Waals surface area (Å²) in [6, 6.07) is 5.96. The van der Waals surface area contributed by atoms with Crippen LogP contribution >= 0.6 is 0 Å². The van der Waals surface area contributed by atoms with Gasteiger partial charge in [-0.2, -0.15) is 0 Å². The number of ether oxygens (including phenoxy) is 2. The number of aryl methyl sites for hydroxylation is 1. The Labute approximate surface area is 115 Å². The van der Waals surface area contributed by atoms with Crippen LogP contribution in [0.4, 0.5) is 0 Å². The molecular weight excluding hydrogens is 240 g/mol. The lowest BCUT2D eigenvalue weighted by Crippen LogP contribution is -2.44. The van der Waals surface area contributed by atoms with E-state index in [1.165, 1.54) is 0 Å². The van der Waals surface area contributed by atoms with Crippen molar-refractivity contribution in [2.24, 2.45) is 0 Å². The molecule has 3 heteroatoms. The molecule has 0 aliphatic carbocycles. The number of aliphatic hydroxyl groups is 1. The largest absolute Gasteiger partial charge is 0.487 e. The second-order valence-electron chi connectivity index (χ2n) is 6.45. The zero-order valence-corrected chi connectivity index (χ0v) is 12.5. The molecule has 1 aromatic rings. The molecular formula is C16H24O3. The van der Waals surface area contributed by atoms with Crippen LogP contribution in [0.15, 0.2) is 18.2 Å². The minimum absolute atomic E-state index is 0.267. The number of fused-ring (bicyclic) bond motifs is 1. The first-order valence-corrected chi connectivity index (χ1v) is 6.77. The highest BCUT2D eigenvalue weighted by molar-refractivity contribution is 5.40. The molecule has 0 fully saturated rings. The van der Waals surface area contributed by atoms with Crippen LogP contribution in [0, 0.1) is 6.92 Å². The van der Waals surface area contributed by atoms with Crippen LogP contribution in [0.2, 0.25) is 0 Å². The van der Waals surface area contributed by atoms with Crippen molar-refractivity contribution in [3.63, 3.8) is 0 Å². The maximum absolute atomic E-state index is 10.4. The van der Waals surface area contributed by atoms with Gasteiger partial charge < -0.3 is 14.6 Å². The monoisotopic (exact) mass is 264 g/mol. The van der Waals surface area contributed by atoms with Crippen molar-refractivity contribution in [3.05, 3.63) is 29.3 Å². The average Bonchev–Trinajstić information content (AvgIpc) is 2.29. The third-order valence-electron chi connectivity index (χ3n) is 3.86. The van der Waals surface area contributed by atoms with Crippen molar-refractivity contribution in [2.75, 3.05) is 7.11 Å². The summed E-state index contributed by atoms with van der Waals surface area (Å²) < 4.78 is 11.6. The summed E-state index contributed by atoms with van der Waals surface area (Å²) in [6.45, 7) is 8.14. The molecule has 1 aliphatic rings. The van der Waals surface area contributed by atoms with Crippen molar-refractivity contribution in [3.8, 4) is 5.75 Å². The first-order chi connectivity index (χ1) is 8.75. The van der Waals surface area contributed by atoms with Gasteiger partial charge in [0.25, 0.3) is 0 Å². The molecule has 1 N–H and O–H groups in total. The van der Waals surface area contributed by atoms with Crippen LogP contribution in [0.3, 0.4) is 0 Å². The molecule has 0 bridgehead atoms. The van der Waals surface area contributed by atoms with E-state index >= 15 is 0 Å². The molecule has 0 radical (unpaired) electrons. The molecule has 2 rings (SSSR count). The number of rotatable bonds is 3. The average molecular weight is 264 g/mol. The number of hydrogen-bond donors (Lipinski definition) is 1. The van der Waals surface area contributed by atoms with Gasteiger partial charge in [-0.15, -0.1) is 0 Å². The Morgan fingerprint density at radius 2 is 2.16 bits per heavy atom. The second-order valence-corrected chi connectivity index (χ2v) is 6.45. The van der Waals surface area contributed by atoms with Crippen LogP contribution in [0.25, 0.3) is 0 Å². The molecule has 0 amide bonds. The third kappa shape index (κ3) is 3.10. The summed E-state index contributed by atoms with van der Waals surface area (Å²) in [5, 5.41) is 10.4. The molecule has 1 aliphatic heterocycles. The van der Waals surface area contributed by atoms with Crippen molar-refractivity contribution in [2.45, 2.75) is 57.8 Å². The summed E-state index contributed by atoms with van der Waals surface area (Å²) in [4.78, 5) is 0. The van der Waals surface area contributed by atoms with Gasteiger partial charge in [-0.3, -0.25) is 0 Å². The Hall–Kier alpha value is -1.06. The van der Waals surface area contributed by atoms with E-state index in [2.05, 4.69) is 0 Å². The minimum atomic E-state index is -0.471. The Kier molecular flexibility index (Phi) is 3.63. The fraction of sp³-hybridized carbons (Fsp3) is 0.625. The van der Waals surface area contributed by atoms with E-state index in [4.69, 9.17) is 9.47 Å². The van der Waals surface area contributed by atoms with Crippen molar-refractivity contribution >= 4 is 0 Å². The van der Waals surface area contributed by atoms with Crippen LogP contribution in [0.1, 0.15) is 50.8 Å². The predicted molar refractivity (Wildman–Crippen MR) is 75.5 cm³/mol. The van der Waals surface area contributed by atoms with E-state index < -0.39 is 11.7 Å². The summed E-state index contributed by atoms with van der Waals surface area (Å²) in [5.41, 5.74) is 1.37. The number of benzene rings is 1. The summed E-state index contributed by atoms with van der Waals surface area (Å²) in [5.74, 6) is 0.791. The van der Waals surface area contributed by atoms with E-state index in [-0.39, 0.29) is 5.60 Å². The molecule has 0 spiro atoms. The van der Waals surface area contributed by atoms with E-state index in [9.17, 15) is 5.11 Å². The van der Waals surface area contributed by atoms with Gasteiger partial charge in [-0.05, 0) is 39.8 Å². The fourth-order valence-corrected chi connectivity index (χ4v) is 2.93. The van der Waals surface area contributed by atoms with E-state index in [0.717, 1.165) is 23.3 Å². The summed E-state index contributed by atoms with van der Waals surface area (Å²) in [7, 11) is 1.71. The van der Waals surface area contributed by atoms with E-state index in [0.29, 0.717) is 6.42 Å². The first-order valence-electron chi connectivity index (χ1n) is 6.77. The van der Waals surface area contributed by atoms with Gasteiger partial charge in [-0.1, -0.05) is 11.6 Å². The maximum atomic E-state index is 10.4. The van der Waals surface area contributed by atoms with Crippen LogP contribution in [0.5, 0.6) is 5.75 Å². The van der Waals surface area contributed by atoms with Gasteiger partial charge in [0.2, 0.25) is 0 Å². The number of hydrogen-bond acceptors (Lipinski definition) is 3. The lowest BCUT2D eigenvalue weighted by molar-refractivity contribution is -0.0746. The van der Waals surface area contributed by atoms with Crippen molar-refractivity contribution < 1.29 is 14.6 Å². The highest BCUT2D eigenvalue weighted by Crippen LogP contribution is 2.43. The molecule has 3 nitrogen and oxygen atoms in total. The fourth-order valence-electron chi connectivity index (χ4n) is 2.93. The first kappa shape index (κ1) is 14.4. The van der Waals surface area contributed by atoms with Gasteiger partial charge in [0, 0.05) is 25.5 Å². The normalized spacial score (nSPS) is 26.7. The second kappa shape index (κ2) is 4.80. The lowest BCUT2D eigenvalue weighted by atomic mass is 9.82. The highest BCUT2D eigenvalue weighted by Gasteiger charge is 2.40. The smallest absolute Gasteiger partial charge is 0.125 e. The Balaban J connectivity index is 2.27. The summed E-state index contributed by atoms with van der Waals surface area (Å²) in [6.07, 6.45) is 0.859. The minimum Gasteiger partial charge on any atom is -0.487 e. The molecule has 1 heterocycles. The zero-order chi connectivity index (χ0) is 14.3. The molecule has 0 aromatic heterocycles. The molecule has 1 aromatic carbocycles. The molecule has 1 unspecified atom stereocenters. The highest BCUT2D eigenvalue weighted by atomic mass is 16.5. The van der Waals surface area contributed by atoms with Gasteiger partial charge in [-0.25, -0.2) is 0 Å². The molecule has 2 atom stereocenters.